The van der Waals surface area contributed by atoms with Crippen molar-refractivity contribution in [1.82, 2.24) is 0 Å². The first-order chi connectivity index (χ1) is 8.58. The van der Waals surface area contributed by atoms with Gasteiger partial charge in [0.15, 0.2) is 0 Å². The maximum atomic E-state index is 6.28. The lowest BCUT2D eigenvalue weighted by Crippen LogP contribution is -2.35. The SMILES string of the molecule is Cc1ccc(Cl)c(NC2CCCCC2C(C)C)c1. The number of rotatable bonds is 3. The van der Waals surface area contributed by atoms with Crippen LogP contribution >= 0.6 is 11.6 Å². The molecular weight excluding hydrogens is 242 g/mol. The van der Waals surface area contributed by atoms with Crippen LogP contribution in [0.5, 0.6) is 0 Å². The first-order valence-corrected chi connectivity index (χ1v) is 7.48. The number of anilines is 1. The van der Waals surface area contributed by atoms with Crippen LogP contribution in [0.2, 0.25) is 5.02 Å². The molecule has 1 nitrogen and oxygen atoms in total. The van der Waals surface area contributed by atoms with E-state index in [0.29, 0.717) is 6.04 Å². The highest BCUT2D eigenvalue weighted by Gasteiger charge is 2.27. The van der Waals surface area contributed by atoms with Crippen molar-refractivity contribution in [3.8, 4) is 0 Å². The largest absolute Gasteiger partial charge is 0.381 e. The Hall–Kier alpha value is -0.690. The van der Waals surface area contributed by atoms with Gasteiger partial charge in [0.1, 0.15) is 0 Å². The second-order valence-corrected chi connectivity index (χ2v) is 6.33. The summed E-state index contributed by atoms with van der Waals surface area (Å²) in [5, 5.41) is 4.53. The van der Waals surface area contributed by atoms with Crippen molar-refractivity contribution in [2.24, 2.45) is 11.8 Å². The lowest BCUT2D eigenvalue weighted by atomic mass is 9.78. The molecular formula is C16H24ClN. The molecule has 100 valence electrons. The van der Waals surface area contributed by atoms with Crippen molar-refractivity contribution in [2.75, 3.05) is 5.32 Å². The molecule has 2 unspecified atom stereocenters. The molecule has 1 fully saturated rings. The first-order valence-electron chi connectivity index (χ1n) is 7.10. The van der Waals surface area contributed by atoms with E-state index in [1.54, 1.807) is 0 Å². The summed E-state index contributed by atoms with van der Waals surface area (Å²) in [6, 6.07) is 6.80. The molecule has 0 heterocycles. The number of benzene rings is 1. The summed E-state index contributed by atoms with van der Waals surface area (Å²) in [5.74, 6) is 1.52. The molecule has 1 aromatic carbocycles. The zero-order valence-corrected chi connectivity index (χ0v) is 12.4. The van der Waals surface area contributed by atoms with E-state index in [-0.39, 0.29) is 0 Å². The minimum Gasteiger partial charge on any atom is -0.381 e. The highest BCUT2D eigenvalue weighted by molar-refractivity contribution is 6.33. The molecule has 1 saturated carbocycles. The van der Waals surface area contributed by atoms with Gasteiger partial charge in [-0.3, -0.25) is 0 Å². The van der Waals surface area contributed by atoms with Gasteiger partial charge in [-0.25, -0.2) is 0 Å². The molecule has 1 aliphatic rings. The van der Waals surface area contributed by atoms with E-state index in [1.807, 2.05) is 6.07 Å². The van der Waals surface area contributed by atoms with Gasteiger partial charge in [0, 0.05) is 6.04 Å². The smallest absolute Gasteiger partial charge is 0.0637 e. The number of aryl methyl sites for hydroxylation is 1. The third kappa shape index (κ3) is 3.20. The lowest BCUT2D eigenvalue weighted by Gasteiger charge is -2.35. The van der Waals surface area contributed by atoms with Crippen molar-refractivity contribution in [3.05, 3.63) is 28.8 Å². The predicted molar refractivity (Wildman–Crippen MR) is 80.4 cm³/mol. The second-order valence-electron chi connectivity index (χ2n) is 5.93. The van der Waals surface area contributed by atoms with Crippen LogP contribution in [0.3, 0.4) is 0 Å². The van der Waals surface area contributed by atoms with Crippen LogP contribution in [0.25, 0.3) is 0 Å². The van der Waals surface area contributed by atoms with Crippen LogP contribution in [0.1, 0.15) is 45.1 Å². The summed E-state index contributed by atoms with van der Waals surface area (Å²) in [6.45, 7) is 6.79. The van der Waals surface area contributed by atoms with Crippen LogP contribution < -0.4 is 5.32 Å². The van der Waals surface area contributed by atoms with E-state index in [2.05, 4.69) is 38.2 Å². The van der Waals surface area contributed by atoms with E-state index in [9.17, 15) is 0 Å². The molecule has 1 N–H and O–H groups in total. The molecule has 0 aromatic heterocycles. The zero-order chi connectivity index (χ0) is 13.1. The van der Waals surface area contributed by atoms with Crippen LogP contribution in [0, 0.1) is 18.8 Å². The number of nitrogens with one attached hydrogen (secondary N) is 1. The molecule has 1 aliphatic carbocycles. The predicted octanol–water partition coefficient (Wildman–Crippen LogP) is 5.28. The summed E-state index contributed by atoms with van der Waals surface area (Å²) in [5.41, 5.74) is 2.37. The molecule has 0 radical (unpaired) electrons. The monoisotopic (exact) mass is 265 g/mol. The minimum atomic E-state index is 0.582. The molecule has 0 spiro atoms. The van der Waals surface area contributed by atoms with Gasteiger partial charge in [0.2, 0.25) is 0 Å². The average Bonchev–Trinajstić information content (AvgIpc) is 2.34. The van der Waals surface area contributed by atoms with Crippen molar-refractivity contribution < 1.29 is 0 Å². The highest BCUT2D eigenvalue weighted by Crippen LogP contribution is 2.34. The van der Waals surface area contributed by atoms with Crippen LogP contribution in [-0.2, 0) is 0 Å². The topological polar surface area (TPSA) is 12.0 Å². The summed E-state index contributed by atoms with van der Waals surface area (Å²) < 4.78 is 0. The fourth-order valence-corrected chi connectivity index (χ4v) is 3.26. The van der Waals surface area contributed by atoms with Crippen molar-refractivity contribution >= 4 is 17.3 Å². The van der Waals surface area contributed by atoms with Crippen LogP contribution in [0.4, 0.5) is 5.69 Å². The molecule has 1 aromatic rings. The van der Waals surface area contributed by atoms with E-state index in [4.69, 9.17) is 11.6 Å². The Balaban J connectivity index is 2.13. The normalized spacial score (nSPS) is 24.3. The Kier molecular flexibility index (Phi) is 4.55. The molecule has 2 heteroatoms. The van der Waals surface area contributed by atoms with Gasteiger partial charge in [-0.2, -0.15) is 0 Å². The Bertz CT molecular complexity index is 400. The fraction of sp³-hybridized carbons (Fsp3) is 0.625. The number of hydrogen-bond donors (Lipinski definition) is 1. The Morgan fingerprint density at radius 2 is 1.94 bits per heavy atom. The molecule has 18 heavy (non-hydrogen) atoms. The van der Waals surface area contributed by atoms with Gasteiger partial charge in [-0.15, -0.1) is 0 Å². The van der Waals surface area contributed by atoms with Gasteiger partial charge >= 0.3 is 0 Å². The molecule has 0 saturated heterocycles. The molecule has 0 amide bonds. The third-order valence-corrected chi connectivity index (χ3v) is 4.47. The Labute approximate surface area is 116 Å². The van der Waals surface area contributed by atoms with Crippen molar-refractivity contribution in [2.45, 2.75) is 52.5 Å². The summed E-state index contributed by atoms with van der Waals surface area (Å²) in [6.07, 6.45) is 5.33. The standard InChI is InChI=1S/C16H24ClN/c1-11(2)13-6-4-5-7-15(13)18-16-10-12(3)8-9-14(16)17/h8-11,13,15,18H,4-7H2,1-3H3. The quantitative estimate of drug-likeness (QED) is 0.785. The molecule has 0 aliphatic heterocycles. The van der Waals surface area contributed by atoms with E-state index in [1.165, 1.54) is 31.2 Å². The van der Waals surface area contributed by atoms with E-state index in [0.717, 1.165) is 22.5 Å². The Morgan fingerprint density at radius 1 is 1.22 bits per heavy atom. The number of hydrogen-bond acceptors (Lipinski definition) is 1. The second kappa shape index (κ2) is 5.97. The van der Waals surface area contributed by atoms with E-state index >= 15 is 0 Å². The van der Waals surface area contributed by atoms with Gasteiger partial charge in [-0.1, -0.05) is 44.4 Å². The summed E-state index contributed by atoms with van der Waals surface area (Å²) >= 11 is 6.28. The summed E-state index contributed by atoms with van der Waals surface area (Å²) in [4.78, 5) is 0. The van der Waals surface area contributed by atoms with Crippen molar-refractivity contribution in [1.29, 1.82) is 0 Å². The van der Waals surface area contributed by atoms with Crippen LogP contribution in [0.15, 0.2) is 18.2 Å². The maximum absolute atomic E-state index is 6.28. The van der Waals surface area contributed by atoms with Gasteiger partial charge < -0.3 is 5.32 Å². The van der Waals surface area contributed by atoms with Crippen LogP contribution in [-0.4, -0.2) is 6.04 Å². The van der Waals surface area contributed by atoms with Gasteiger partial charge in [-0.05, 0) is 49.3 Å². The van der Waals surface area contributed by atoms with E-state index < -0.39 is 0 Å². The molecule has 0 bridgehead atoms. The van der Waals surface area contributed by atoms with Crippen molar-refractivity contribution in [3.63, 3.8) is 0 Å². The Morgan fingerprint density at radius 3 is 2.67 bits per heavy atom. The molecule has 2 rings (SSSR count). The number of halogens is 1. The maximum Gasteiger partial charge on any atom is 0.0637 e. The average molecular weight is 266 g/mol. The summed E-state index contributed by atoms with van der Waals surface area (Å²) in [7, 11) is 0. The van der Waals surface area contributed by atoms with Gasteiger partial charge in [0.05, 0.1) is 10.7 Å². The molecule has 2 atom stereocenters. The minimum absolute atomic E-state index is 0.582. The first kappa shape index (κ1) is 13.7. The zero-order valence-electron chi connectivity index (χ0n) is 11.7. The fourth-order valence-electron chi connectivity index (χ4n) is 3.09. The lowest BCUT2D eigenvalue weighted by molar-refractivity contribution is 0.254. The third-order valence-electron chi connectivity index (χ3n) is 4.14. The highest BCUT2D eigenvalue weighted by atomic mass is 35.5. The van der Waals surface area contributed by atoms with Gasteiger partial charge in [0.25, 0.3) is 0 Å².